The van der Waals surface area contributed by atoms with Crippen LogP contribution in [0.5, 0.6) is 0 Å². The maximum atomic E-state index is 13.3. The molecule has 2 aliphatic heterocycles. The summed E-state index contributed by atoms with van der Waals surface area (Å²) in [6, 6.07) is 6.80. The molecule has 0 radical (unpaired) electrons. The number of benzene rings is 1. The molecule has 1 fully saturated rings. The molecule has 1 saturated heterocycles. The normalized spacial score (nSPS) is 20.3. The lowest BCUT2D eigenvalue weighted by molar-refractivity contribution is -0.160. The maximum absolute atomic E-state index is 13.3. The molecule has 3 rings (SSSR count). The molecule has 0 bridgehead atoms. The van der Waals surface area contributed by atoms with Crippen molar-refractivity contribution >= 4 is 29.4 Å². The molecule has 1 N–H and O–H groups in total. The van der Waals surface area contributed by atoms with Crippen molar-refractivity contribution in [3.8, 4) is 0 Å². The Bertz CT molecular complexity index is 853. The number of carbonyl (C=O) groups is 4. The summed E-state index contributed by atoms with van der Waals surface area (Å²) in [5, 5.41) is 2.70. The summed E-state index contributed by atoms with van der Waals surface area (Å²) in [5.74, 6) is -1.42. The number of hydrogen-bond acceptors (Lipinski definition) is 5. The second kappa shape index (κ2) is 8.85. The highest BCUT2D eigenvalue weighted by molar-refractivity contribution is 6.15. The van der Waals surface area contributed by atoms with Gasteiger partial charge in [-0.25, -0.2) is 4.79 Å². The summed E-state index contributed by atoms with van der Waals surface area (Å²) in [5.41, 5.74) is -0.739. The predicted octanol–water partition coefficient (Wildman–Crippen LogP) is 2.08. The molecular formula is C22H29N3O5. The number of fused-ring (bicyclic) bond motifs is 3. The second-order valence-corrected chi connectivity index (χ2v) is 8.15. The number of ether oxygens (including phenoxy) is 1. The maximum Gasteiger partial charge on any atom is 0.354 e. The summed E-state index contributed by atoms with van der Waals surface area (Å²) in [6.07, 6.45) is 1.77. The lowest BCUT2D eigenvalue weighted by atomic mass is 9.96. The van der Waals surface area contributed by atoms with Gasteiger partial charge < -0.3 is 15.0 Å². The van der Waals surface area contributed by atoms with Gasteiger partial charge in [-0.1, -0.05) is 39.3 Å². The average Bonchev–Trinajstić information content (AvgIpc) is 3.08. The largest absolute Gasteiger partial charge is 0.452 e. The van der Waals surface area contributed by atoms with Gasteiger partial charge in [0.05, 0.1) is 11.3 Å². The van der Waals surface area contributed by atoms with Gasteiger partial charge in [-0.15, -0.1) is 0 Å². The van der Waals surface area contributed by atoms with Gasteiger partial charge in [0.1, 0.15) is 0 Å². The molecule has 0 aliphatic carbocycles. The van der Waals surface area contributed by atoms with Crippen molar-refractivity contribution in [3.63, 3.8) is 0 Å². The molecule has 0 spiro atoms. The highest BCUT2D eigenvalue weighted by Gasteiger charge is 2.61. The van der Waals surface area contributed by atoms with Gasteiger partial charge in [0.25, 0.3) is 11.8 Å². The topological polar surface area (TPSA) is 96.0 Å². The number of amides is 3. The Labute approximate surface area is 176 Å². The van der Waals surface area contributed by atoms with Crippen LogP contribution in [0.2, 0.25) is 0 Å². The third kappa shape index (κ3) is 3.78. The Kier molecular flexibility index (Phi) is 6.43. The Morgan fingerprint density at radius 1 is 1.23 bits per heavy atom. The highest BCUT2D eigenvalue weighted by atomic mass is 16.5. The van der Waals surface area contributed by atoms with E-state index < -0.39 is 24.1 Å². The fourth-order valence-electron chi connectivity index (χ4n) is 3.99. The van der Waals surface area contributed by atoms with Crippen molar-refractivity contribution in [1.82, 2.24) is 10.2 Å². The predicted molar refractivity (Wildman–Crippen MR) is 111 cm³/mol. The number of para-hydroxylation sites is 1. The first-order chi connectivity index (χ1) is 14.3. The SMILES string of the molecule is CCCCN1C(=O)c2ccccc2N2C(=O)CC[C@@]12C(=O)OCC(=O)NCC(C)C. The van der Waals surface area contributed by atoms with Crippen LogP contribution in [0, 0.1) is 5.92 Å². The molecule has 30 heavy (non-hydrogen) atoms. The summed E-state index contributed by atoms with van der Waals surface area (Å²) in [7, 11) is 0. The van der Waals surface area contributed by atoms with Crippen LogP contribution in [-0.4, -0.2) is 54.0 Å². The van der Waals surface area contributed by atoms with Crippen molar-refractivity contribution in [2.45, 2.75) is 52.1 Å². The molecule has 162 valence electrons. The molecule has 1 aromatic rings. The zero-order valence-electron chi connectivity index (χ0n) is 17.8. The van der Waals surface area contributed by atoms with E-state index in [4.69, 9.17) is 4.74 Å². The van der Waals surface area contributed by atoms with Crippen molar-refractivity contribution in [3.05, 3.63) is 29.8 Å². The van der Waals surface area contributed by atoms with E-state index in [-0.39, 0.29) is 30.6 Å². The molecule has 8 nitrogen and oxygen atoms in total. The number of rotatable bonds is 8. The van der Waals surface area contributed by atoms with Gasteiger partial charge >= 0.3 is 5.97 Å². The van der Waals surface area contributed by atoms with Crippen LogP contribution in [0.25, 0.3) is 0 Å². The molecule has 8 heteroatoms. The van der Waals surface area contributed by atoms with E-state index in [1.165, 1.54) is 9.80 Å². The van der Waals surface area contributed by atoms with Crippen LogP contribution in [0.15, 0.2) is 24.3 Å². The van der Waals surface area contributed by atoms with Crippen molar-refractivity contribution in [2.75, 3.05) is 24.6 Å². The smallest absolute Gasteiger partial charge is 0.354 e. The van der Waals surface area contributed by atoms with Crippen molar-refractivity contribution in [2.24, 2.45) is 5.92 Å². The summed E-state index contributed by atoms with van der Waals surface area (Å²) in [4.78, 5) is 54.4. The summed E-state index contributed by atoms with van der Waals surface area (Å²) >= 11 is 0. The fraction of sp³-hybridized carbons (Fsp3) is 0.545. The third-order valence-corrected chi connectivity index (χ3v) is 5.48. The molecule has 0 aromatic heterocycles. The van der Waals surface area contributed by atoms with Gasteiger partial charge in [0.15, 0.2) is 6.61 Å². The number of anilines is 1. The average molecular weight is 415 g/mol. The Balaban J connectivity index is 1.93. The lowest BCUT2D eigenvalue weighted by Crippen LogP contribution is -2.68. The molecule has 0 unspecified atom stereocenters. The quantitative estimate of drug-likeness (QED) is 0.656. The van der Waals surface area contributed by atoms with Crippen LogP contribution in [0.1, 0.15) is 56.8 Å². The molecule has 0 saturated carbocycles. The zero-order valence-corrected chi connectivity index (χ0v) is 17.8. The summed E-state index contributed by atoms with van der Waals surface area (Å²) in [6.45, 7) is 6.26. The molecule has 1 atom stereocenters. The van der Waals surface area contributed by atoms with Crippen LogP contribution < -0.4 is 10.2 Å². The second-order valence-electron chi connectivity index (χ2n) is 8.15. The van der Waals surface area contributed by atoms with Crippen molar-refractivity contribution < 1.29 is 23.9 Å². The Morgan fingerprint density at radius 3 is 2.67 bits per heavy atom. The minimum absolute atomic E-state index is 0.124. The Hall–Kier alpha value is -2.90. The van der Waals surface area contributed by atoms with Gasteiger partial charge in [0, 0.05) is 25.9 Å². The van der Waals surface area contributed by atoms with E-state index in [0.29, 0.717) is 30.8 Å². The first kappa shape index (κ1) is 21.8. The van der Waals surface area contributed by atoms with E-state index in [2.05, 4.69) is 5.32 Å². The lowest BCUT2D eigenvalue weighted by Gasteiger charge is -2.48. The number of carbonyl (C=O) groups excluding carboxylic acids is 4. The monoisotopic (exact) mass is 415 g/mol. The van der Waals surface area contributed by atoms with Gasteiger partial charge in [-0.2, -0.15) is 0 Å². The number of hydrogen-bond donors (Lipinski definition) is 1. The summed E-state index contributed by atoms with van der Waals surface area (Å²) < 4.78 is 5.36. The zero-order chi connectivity index (χ0) is 21.9. The van der Waals surface area contributed by atoms with E-state index in [1.807, 2.05) is 20.8 Å². The van der Waals surface area contributed by atoms with E-state index in [1.54, 1.807) is 24.3 Å². The van der Waals surface area contributed by atoms with Crippen molar-refractivity contribution in [1.29, 1.82) is 0 Å². The highest BCUT2D eigenvalue weighted by Crippen LogP contribution is 2.45. The molecule has 3 amide bonds. The molecule has 2 aliphatic rings. The van der Waals surface area contributed by atoms with E-state index >= 15 is 0 Å². The minimum Gasteiger partial charge on any atom is -0.452 e. The third-order valence-electron chi connectivity index (χ3n) is 5.48. The van der Waals surface area contributed by atoms with E-state index in [0.717, 1.165) is 6.42 Å². The molecule has 1 aromatic carbocycles. The van der Waals surface area contributed by atoms with E-state index in [9.17, 15) is 19.2 Å². The number of nitrogens with zero attached hydrogens (tertiary/aromatic N) is 2. The van der Waals surface area contributed by atoms with Gasteiger partial charge in [0.2, 0.25) is 11.6 Å². The Morgan fingerprint density at radius 2 is 1.97 bits per heavy atom. The number of nitrogens with one attached hydrogen (secondary N) is 1. The van der Waals surface area contributed by atoms with Crippen LogP contribution in [0.4, 0.5) is 5.69 Å². The van der Waals surface area contributed by atoms with Crippen LogP contribution >= 0.6 is 0 Å². The fourth-order valence-corrected chi connectivity index (χ4v) is 3.99. The van der Waals surface area contributed by atoms with Crippen LogP contribution in [0.3, 0.4) is 0 Å². The number of esters is 1. The molecular weight excluding hydrogens is 386 g/mol. The molecule has 2 heterocycles. The number of unbranched alkanes of at least 4 members (excludes halogenated alkanes) is 1. The first-order valence-electron chi connectivity index (χ1n) is 10.5. The minimum atomic E-state index is -1.55. The first-order valence-corrected chi connectivity index (χ1v) is 10.5. The van der Waals surface area contributed by atoms with Gasteiger partial charge in [-0.05, 0) is 24.5 Å². The van der Waals surface area contributed by atoms with Crippen LogP contribution in [-0.2, 0) is 19.1 Å². The van der Waals surface area contributed by atoms with Gasteiger partial charge in [-0.3, -0.25) is 19.3 Å². The standard InChI is InChI=1S/C22H29N3O5/c1-4-5-12-24-20(28)16-8-6-7-9-17(16)25-19(27)10-11-22(24,25)21(29)30-14-18(26)23-13-15(2)3/h6-9,15H,4-5,10-14H2,1-3H3,(H,23,26)/t22-/m1/s1.